The Kier molecular flexibility index (Phi) is 3.39. The number of likely N-dealkylation sites (N-methyl/N-ethyl adjacent to an activating group) is 1. The van der Waals surface area contributed by atoms with E-state index in [0.29, 0.717) is 5.92 Å². The topological polar surface area (TPSA) is 23.5 Å². The molecule has 0 saturated carbocycles. The first-order chi connectivity index (χ1) is 7.31. The lowest BCUT2D eigenvalue weighted by Gasteiger charge is -2.20. The van der Waals surface area contributed by atoms with Crippen LogP contribution in [0.3, 0.4) is 0 Å². The van der Waals surface area contributed by atoms with Crippen LogP contribution < -0.4 is 0 Å². The summed E-state index contributed by atoms with van der Waals surface area (Å²) < 4.78 is 0. The number of fused-ring (bicyclic) bond motifs is 1. The van der Waals surface area contributed by atoms with Gasteiger partial charge in [0.25, 0.3) is 0 Å². The molecular weight excluding hydrogens is 186 g/mol. The van der Waals surface area contributed by atoms with Crippen LogP contribution in [0.5, 0.6) is 0 Å². The molecule has 0 amide bonds. The second-order valence-corrected chi connectivity index (χ2v) is 4.42. The molecule has 1 aliphatic carbocycles. The standard InChI is InChI=1S/C13H19NO/c1-14(8-9-15)10-12-7-6-11-4-2-3-5-13(11)12/h2-5,12,15H,6-10H2,1H3/t12-/m0/s1. The van der Waals surface area contributed by atoms with Crippen molar-refractivity contribution in [1.82, 2.24) is 4.90 Å². The minimum Gasteiger partial charge on any atom is -0.395 e. The predicted molar refractivity (Wildman–Crippen MR) is 62.1 cm³/mol. The van der Waals surface area contributed by atoms with E-state index in [-0.39, 0.29) is 6.61 Å². The summed E-state index contributed by atoms with van der Waals surface area (Å²) in [5.74, 6) is 0.665. The van der Waals surface area contributed by atoms with Crippen LogP contribution in [0.1, 0.15) is 23.5 Å². The highest BCUT2D eigenvalue weighted by Gasteiger charge is 2.22. The molecule has 0 unspecified atom stereocenters. The van der Waals surface area contributed by atoms with Gasteiger partial charge < -0.3 is 10.0 Å². The quantitative estimate of drug-likeness (QED) is 0.807. The van der Waals surface area contributed by atoms with Crippen LogP contribution in [-0.4, -0.2) is 36.8 Å². The molecule has 0 bridgehead atoms. The maximum absolute atomic E-state index is 8.86. The van der Waals surface area contributed by atoms with Gasteiger partial charge in [0.1, 0.15) is 0 Å². The molecule has 82 valence electrons. The Hall–Kier alpha value is -0.860. The van der Waals surface area contributed by atoms with Crippen molar-refractivity contribution in [1.29, 1.82) is 0 Å². The van der Waals surface area contributed by atoms with E-state index in [0.717, 1.165) is 13.1 Å². The molecule has 0 aromatic heterocycles. The van der Waals surface area contributed by atoms with Gasteiger partial charge in [0, 0.05) is 13.1 Å². The molecule has 0 fully saturated rings. The van der Waals surface area contributed by atoms with Gasteiger partial charge in [-0.05, 0) is 36.9 Å². The monoisotopic (exact) mass is 205 g/mol. The Morgan fingerprint density at radius 1 is 1.40 bits per heavy atom. The molecule has 0 heterocycles. The summed E-state index contributed by atoms with van der Waals surface area (Å²) >= 11 is 0. The maximum atomic E-state index is 8.86. The van der Waals surface area contributed by atoms with E-state index in [1.165, 1.54) is 24.0 Å². The van der Waals surface area contributed by atoms with E-state index < -0.39 is 0 Å². The minimum atomic E-state index is 0.255. The molecular formula is C13H19NO. The number of aliphatic hydroxyl groups is 1. The summed E-state index contributed by atoms with van der Waals surface area (Å²) in [4.78, 5) is 2.22. The van der Waals surface area contributed by atoms with Gasteiger partial charge in [-0.1, -0.05) is 24.3 Å². The summed E-state index contributed by atoms with van der Waals surface area (Å²) in [5.41, 5.74) is 3.03. The Morgan fingerprint density at radius 3 is 3.00 bits per heavy atom. The molecule has 2 nitrogen and oxygen atoms in total. The van der Waals surface area contributed by atoms with E-state index in [4.69, 9.17) is 5.11 Å². The lowest BCUT2D eigenvalue weighted by atomic mass is 10.0. The minimum absolute atomic E-state index is 0.255. The van der Waals surface area contributed by atoms with Crippen LogP contribution >= 0.6 is 0 Å². The second kappa shape index (κ2) is 4.77. The second-order valence-electron chi connectivity index (χ2n) is 4.42. The predicted octanol–water partition coefficient (Wildman–Crippen LogP) is 1.64. The first-order valence-corrected chi connectivity index (χ1v) is 5.68. The zero-order chi connectivity index (χ0) is 10.7. The van der Waals surface area contributed by atoms with E-state index in [1.807, 2.05) is 0 Å². The molecule has 1 aromatic carbocycles. The Bertz CT molecular complexity index is 324. The Balaban J connectivity index is 2.01. The van der Waals surface area contributed by atoms with Crippen LogP contribution in [0.4, 0.5) is 0 Å². The molecule has 0 saturated heterocycles. The summed E-state index contributed by atoms with van der Waals surface area (Å²) in [6.07, 6.45) is 2.48. The van der Waals surface area contributed by atoms with E-state index in [1.54, 1.807) is 0 Å². The van der Waals surface area contributed by atoms with Crippen LogP contribution in [0.25, 0.3) is 0 Å². The van der Waals surface area contributed by atoms with Crippen molar-refractivity contribution in [2.24, 2.45) is 0 Å². The van der Waals surface area contributed by atoms with Gasteiger partial charge in [-0.15, -0.1) is 0 Å². The molecule has 0 spiro atoms. The number of nitrogens with zero attached hydrogens (tertiary/aromatic N) is 1. The average molecular weight is 205 g/mol. The van der Waals surface area contributed by atoms with Crippen molar-refractivity contribution in [3.05, 3.63) is 35.4 Å². The number of hydrogen-bond donors (Lipinski definition) is 1. The van der Waals surface area contributed by atoms with Gasteiger partial charge in [0.05, 0.1) is 6.61 Å². The summed E-state index contributed by atoms with van der Waals surface area (Å²) in [6, 6.07) is 8.74. The van der Waals surface area contributed by atoms with Crippen molar-refractivity contribution in [3.8, 4) is 0 Å². The van der Waals surface area contributed by atoms with Crippen LogP contribution in [0, 0.1) is 0 Å². The SMILES string of the molecule is CN(CCO)C[C@@H]1CCc2ccccc21. The highest BCUT2D eigenvalue weighted by atomic mass is 16.3. The molecule has 1 aliphatic rings. The lowest BCUT2D eigenvalue weighted by molar-refractivity contribution is 0.214. The fourth-order valence-electron chi connectivity index (χ4n) is 2.47. The molecule has 15 heavy (non-hydrogen) atoms. The van der Waals surface area contributed by atoms with Crippen LogP contribution in [0.15, 0.2) is 24.3 Å². The third-order valence-electron chi connectivity index (χ3n) is 3.27. The van der Waals surface area contributed by atoms with Gasteiger partial charge in [0.2, 0.25) is 0 Å². The number of aryl methyl sites for hydroxylation is 1. The first kappa shape index (κ1) is 10.7. The Morgan fingerprint density at radius 2 is 2.20 bits per heavy atom. The molecule has 1 N–H and O–H groups in total. The van der Waals surface area contributed by atoms with Crippen LogP contribution in [-0.2, 0) is 6.42 Å². The van der Waals surface area contributed by atoms with E-state index in [2.05, 4.69) is 36.2 Å². The zero-order valence-electron chi connectivity index (χ0n) is 9.32. The summed E-state index contributed by atoms with van der Waals surface area (Å²) in [6.45, 7) is 2.10. The fourth-order valence-corrected chi connectivity index (χ4v) is 2.47. The van der Waals surface area contributed by atoms with Crippen molar-refractivity contribution >= 4 is 0 Å². The van der Waals surface area contributed by atoms with Gasteiger partial charge >= 0.3 is 0 Å². The van der Waals surface area contributed by atoms with Gasteiger partial charge in [0.15, 0.2) is 0 Å². The van der Waals surface area contributed by atoms with Crippen molar-refractivity contribution in [2.75, 3.05) is 26.7 Å². The molecule has 2 heteroatoms. The van der Waals surface area contributed by atoms with Crippen molar-refractivity contribution < 1.29 is 5.11 Å². The zero-order valence-corrected chi connectivity index (χ0v) is 9.32. The van der Waals surface area contributed by atoms with E-state index >= 15 is 0 Å². The number of aliphatic hydroxyl groups excluding tert-OH is 1. The highest BCUT2D eigenvalue weighted by Crippen LogP contribution is 2.32. The third-order valence-corrected chi connectivity index (χ3v) is 3.27. The molecule has 2 rings (SSSR count). The summed E-state index contributed by atoms with van der Waals surface area (Å²) in [7, 11) is 2.08. The largest absolute Gasteiger partial charge is 0.395 e. The van der Waals surface area contributed by atoms with Crippen molar-refractivity contribution in [2.45, 2.75) is 18.8 Å². The number of rotatable bonds is 4. The number of benzene rings is 1. The van der Waals surface area contributed by atoms with Gasteiger partial charge in [-0.25, -0.2) is 0 Å². The van der Waals surface area contributed by atoms with Crippen molar-refractivity contribution in [3.63, 3.8) is 0 Å². The normalized spacial score (nSPS) is 19.5. The highest BCUT2D eigenvalue weighted by molar-refractivity contribution is 5.34. The third kappa shape index (κ3) is 2.39. The molecule has 1 atom stereocenters. The van der Waals surface area contributed by atoms with Gasteiger partial charge in [-0.3, -0.25) is 0 Å². The molecule has 1 aromatic rings. The molecule has 0 radical (unpaired) electrons. The molecule has 0 aliphatic heterocycles. The number of hydrogen-bond acceptors (Lipinski definition) is 2. The Labute approximate surface area is 91.5 Å². The summed E-state index contributed by atoms with van der Waals surface area (Å²) in [5, 5.41) is 8.86. The first-order valence-electron chi connectivity index (χ1n) is 5.68. The average Bonchev–Trinajstić information content (AvgIpc) is 2.62. The smallest absolute Gasteiger partial charge is 0.0558 e. The maximum Gasteiger partial charge on any atom is 0.0558 e. The lowest BCUT2D eigenvalue weighted by Crippen LogP contribution is -2.26. The van der Waals surface area contributed by atoms with E-state index in [9.17, 15) is 0 Å². The van der Waals surface area contributed by atoms with Crippen LogP contribution in [0.2, 0.25) is 0 Å². The van der Waals surface area contributed by atoms with Gasteiger partial charge in [-0.2, -0.15) is 0 Å². The fraction of sp³-hybridized carbons (Fsp3) is 0.538.